The summed E-state index contributed by atoms with van der Waals surface area (Å²) in [5.74, 6) is -0.139. The van der Waals surface area contributed by atoms with Crippen molar-refractivity contribution in [2.24, 2.45) is 0 Å². The molecule has 0 spiro atoms. The van der Waals surface area contributed by atoms with Gasteiger partial charge in [0.15, 0.2) is 0 Å². The molecule has 1 N–H and O–H groups in total. The zero-order chi connectivity index (χ0) is 19.7. The first-order valence-corrected chi connectivity index (χ1v) is 10.9. The number of amides is 1. The van der Waals surface area contributed by atoms with E-state index in [0.29, 0.717) is 30.4 Å². The van der Waals surface area contributed by atoms with Gasteiger partial charge in [-0.3, -0.25) is 19.8 Å². The van der Waals surface area contributed by atoms with Gasteiger partial charge in [0.25, 0.3) is 11.6 Å². The molecule has 1 amide bonds. The van der Waals surface area contributed by atoms with E-state index in [1.54, 1.807) is 28.4 Å². The molecule has 28 heavy (non-hydrogen) atoms. The van der Waals surface area contributed by atoms with E-state index >= 15 is 0 Å². The van der Waals surface area contributed by atoms with Crippen molar-refractivity contribution < 1.29 is 9.72 Å². The van der Waals surface area contributed by atoms with Crippen LogP contribution in [0.4, 0.5) is 11.4 Å². The number of thiophene rings is 1. The monoisotopic (exact) mass is 464 g/mol. The molecule has 2 fully saturated rings. The number of hydrogen-bond acceptors (Lipinski definition) is 6. The second kappa shape index (κ2) is 8.18. The predicted octanol–water partition coefficient (Wildman–Crippen LogP) is 3.95. The number of halogens is 1. The highest BCUT2D eigenvalue weighted by Gasteiger charge is 2.27. The lowest BCUT2D eigenvalue weighted by Gasteiger charge is -2.34. The van der Waals surface area contributed by atoms with Crippen LogP contribution >= 0.6 is 27.3 Å². The first-order valence-electron chi connectivity index (χ1n) is 9.30. The number of piperazine rings is 1. The summed E-state index contributed by atoms with van der Waals surface area (Å²) in [5, 5.41) is 14.6. The van der Waals surface area contributed by atoms with E-state index in [1.807, 2.05) is 0 Å². The summed E-state index contributed by atoms with van der Waals surface area (Å²) in [6, 6.07) is 9.24. The standard InChI is InChI=1S/C19H21BrN4O3S/c20-18-6-4-15(28-18)12-22-7-9-23(10-8-22)19(25)13-1-5-16(21-14-2-3-14)17(11-13)24(26)27/h1,4-6,11,14,21H,2-3,7-10,12H2. The molecule has 4 rings (SSSR count). The van der Waals surface area contributed by atoms with Gasteiger partial charge in [-0.25, -0.2) is 0 Å². The molecule has 7 nitrogen and oxygen atoms in total. The molecule has 1 aliphatic carbocycles. The Hall–Kier alpha value is -1.97. The van der Waals surface area contributed by atoms with Gasteiger partial charge in [0.05, 0.1) is 8.71 Å². The maximum atomic E-state index is 12.8. The summed E-state index contributed by atoms with van der Waals surface area (Å²) in [6.45, 7) is 3.73. The van der Waals surface area contributed by atoms with Gasteiger partial charge in [-0.1, -0.05) is 0 Å². The Balaban J connectivity index is 1.39. The number of carbonyl (C=O) groups excluding carboxylic acids is 1. The summed E-state index contributed by atoms with van der Waals surface area (Å²) in [4.78, 5) is 29.3. The Morgan fingerprint density at radius 2 is 1.96 bits per heavy atom. The number of nitro benzene ring substituents is 1. The van der Waals surface area contributed by atoms with Crippen LogP contribution in [0.2, 0.25) is 0 Å². The number of benzene rings is 1. The number of nitro groups is 1. The maximum absolute atomic E-state index is 12.8. The van der Waals surface area contributed by atoms with Crippen molar-refractivity contribution in [2.75, 3.05) is 31.5 Å². The van der Waals surface area contributed by atoms with Crippen LogP contribution in [0.5, 0.6) is 0 Å². The smallest absolute Gasteiger partial charge is 0.293 e. The highest BCUT2D eigenvalue weighted by molar-refractivity contribution is 9.11. The Morgan fingerprint density at radius 3 is 2.57 bits per heavy atom. The summed E-state index contributed by atoms with van der Waals surface area (Å²) >= 11 is 5.21. The van der Waals surface area contributed by atoms with Crippen LogP contribution in [0.15, 0.2) is 34.1 Å². The fraction of sp³-hybridized carbons (Fsp3) is 0.421. The molecule has 0 bridgehead atoms. The van der Waals surface area contributed by atoms with Crippen LogP contribution in [0.1, 0.15) is 28.1 Å². The number of nitrogens with one attached hydrogen (secondary N) is 1. The van der Waals surface area contributed by atoms with Gasteiger partial charge in [-0.15, -0.1) is 11.3 Å². The van der Waals surface area contributed by atoms with Crippen molar-refractivity contribution >= 4 is 44.5 Å². The molecule has 2 heterocycles. The second-order valence-corrected chi connectivity index (χ2v) is 9.73. The average Bonchev–Trinajstić information content (AvgIpc) is 3.41. The normalized spacial score (nSPS) is 17.5. The summed E-state index contributed by atoms with van der Waals surface area (Å²) in [7, 11) is 0. The highest BCUT2D eigenvalue weighted by Crippen LogP contribution is 2.32. The van der Waals surface area contributed by atoms with E-state index < -0.39 is 4.92 Å². The molecular formula is C19H21BrN4O3S. The third kappa shape index (κ3) is 4.53. The lowest BCUT2D eigenvalue weighted by atomic mass is 10.1. The maximum Gasteiger partial charge on any atom is 0.293 e. The van der Waals surface area contributed by atoms with E-state index in [0.717, 1.165) is 36.3 Å². The zero-order valence-corrected chi connectivity index (χ0v) is 17.7. The lowest BCUT2D eigenvalue weighted by Crippen LogP contribution is -2.48. The molecule has 1 aliphatic heterocycles. The SMILES string of the molecule is O=C(c1ccc(NC2CC2)c([N+](=O)[O-])c1)N1CCN(Cc2ccc(Br)s2)CC1. The molecule has 0 atom stereocenters. The van der Waals surface area contributed by atoms with Gasteiger partial charge in [-0.2, -0.15) is 0 Å². The lowest BCUT2D eigenvalue weighted by molar-refractivity contribution is -0.384. The molecule has 2 aromatic rings. The van der Waals surface area contributed by atoms with Crippen LogP contribution < -0.4 is 5.32 Å². The van der Waals surface area contributed by atoms with Crippen LogP contribution in [-0.2, 0) is 6.54 Å². The van der Waals surface area contributed by atoms with Crippen molar-refractivity contribution in [1.82, 2.24) is 9.80 Å². The van der Waals surface area contributed by atoms with E-state index in [2.05, 4.69) is 38.3 Å². The van der Waals surface area contributed by atoms with E-state index in [9.17, 15) is 14.9 Å². The first-order chi connectivity index (χ1) is 13.5. The predicted molar refractivity (Wildman–Crippen MR) is 113 cm³/mol. The average molecular weight is 465 g/mol. The van der Waals surface area contributed by atoms with Crippen molar-refractivity contribution in [1.29, 1.82) is 0 Å². The van der Waals surface area contributed by atoms with Gasteiger partial charge in [-0.05, 0) is 53.0 Å². The Kier molecular flexibility index (Phi) is 5.65. The molecule has 1 aromatic carbocycles. The highest BCUT2D eigenvalue weighted by atomic mass is 79.9. The molecule has 0 unspecified atom stereocenters. The van der Waals surface area contributed by atoms with Crippen LogP contribution in [0.25, 0.3) is 0 Å². The Labute approximate surface area is 175 Å². The first kappa shape index (κ1) is 19.4. The minimum absolute atomic E-state index is 0.0281. The van der Waals surface area contributed by atoms with Crippen LogP contribution in [0, 0.1) is 10.1 Å². The van der Waals surface area contributed by atoms with Crippen LogP contribution in [0.3, 0.4) is 0 Å². The number of anilines is 1. The van der Waals surface area contributed by atoms with Gasteiger partial charge in [0.2, 0.25) is 0 Å². The largest absolute Gasteiger partial charge is 0.377 e. The van der Waals surface area contributed by atoms with Gasteiger partial charge in [0, 0.05) is 55.3 Å². The number of carbonyl (C=O) groups is 1. The topological polar surface area (TPSA) is 78.7 Å². The van der Waals surface area contributed by atoms with Gasteiger partial charge >= 0.3 is 0 Å². The number of rotatable bonds is 6. The van der Waals surface area contributed by atoms with Crippen molar-refractivity contribution in [2.45, 2.75) is 25.4 Å². The third-order valence-corrected chi connectivity index (χ3v) is 6.65. The van der Waals surface area contributed by atoms with Gasteiger partial charge in [0.1, 0.15) is 5.69 Å². The third-order valence-electron chi connectivity index (χ3n) is 5.05. The molecule has 148 valence electrons. The zero-order valence-electron chi connectivity index (χ0n) is 15.3. The summed E-state index contributed by atoms with van der Waals surface area (Å²) in [5.41, 5.74) is 0.847. The minimum Gasteiger partial charge on any atom is -0.377 e. The van der Waals surface area contributed by atoms with Crippen molar-refractivity contribution in [3.63, 3.8) is 0 Å². The quantitative estimate of drug-likeness (QED) is 0.517. The molecule has 2 aliphatic rings. The second-order valence-electron chi connectivity index (χ2n) is 7.18. The Bertz CT molecular complexity index is 891. The minimum atomic E-state index is -0.418. The van der Waals surface area contributed by atoms with E-state index in [-0.39, 0.29) is 11.6 Å². The van der Waals surface area contributed by atoms with E-state index in [1.165, 1.54) is 10.9 Å². The van der Waals surface area contributed by atoms with Crippen LogP contribution in [-0.4, -0.2) is 52.9 Å². The molecule has 1 saturated heterocycles. The Morgan fingerprint density at radius 1 is 1.21 bits per heavy atom. The molecule has 9 heteroatoms. The molecule has 1 aromatic heterocycles. The fourth-order valence-corrected chi connectivity index (χ4v) is 4.86. The summed E-state index contributed by atoms with van der Waals surface area (Å²) < 4.78 is 1.12. The van der Waals surface area contributed by atoms with Crippen molar-refractivity contribution in [3.05, 3.63) is 54.7 Å². The number of hydrogen-bond donors (Lipinski definition) is 1. The molecular weight excluding hydrogens is 444 g/mol. The fourth-order valence-electron chi connectivity index (χ4n) is 3.33. The van der Waals surface area contributed by atoms with Gasteiger partial charge < -0.3 is 10.2 Å². The summed E-state index contributed by atoms with van der Waals surface area (Å²) in [6.07, 6.45) is 2.06. The van der Waals surface area contributed by atoms with Crippen molar-refractivity contribution in [3.8, 4) is 0 Å². The molecule has 0 radical (unpaired) electrons. The van der Waals surface area contributed by atoms with E-state index in [4.69, 9.17) is 0 Å². The number of nitrogens with zero attached hydrogens (tertiary/aromatic N) is 3. The molecule has 1 saturated carbocycles.